The van der Waals surface area contributed by atoms with Gasteiger partial charge in [-0.2, -0.15) is 0 Å². The van der Waals surface area contributed by atoms with Gasteiger partial charge in [0.2, 0.25) is 0 Å². The SMILES string of the molecule is CC(C)N(C)CC(O)CNC1CCCN(c2cccc(F)c2)C1. The van der Waals surface area contributed by atoms with E-state index >= 15 is 0 Å². The maximum absolute atomic E-state index is 13.4. The molecule has 130 valence electrons. The molecular weight excluding hydrogens is 293 g/mol. The van der Waals surface area contributed by atoms with Gasteiger partial charge in [0.1, 0.15) is 5.82 Å². The smallest absolute Gasteiger partial charge is 0.125 e. The average molecular weight is 323 g/mol. The van der Waals surface area contributed by atoms with Crippen LogP contribution in [0.4, 0.5) is 10.1 Å². The minimum Gasteiger partial charge on any atom is -0.390 e. The first-order valence-corrected chi connectivity index (χ1v) is 8.58. The second-order valence-corrected chi connectivity index (χ2v) is 6.86. The molecule has 0 amide bonds. The molecule has 2 rings (SSSR count). The lowest BCUT2D eigenvalue weighted by Crippen LogP contribution is -2.49. The Kier molecular flexibility index (Phi) is 6.81. The molecule has 1 aromatic carbocycles. The topological polar surface area (TPSA) is 38.7 Å². The molecule has 4 nitrogen and oxygen atoms in total. The summed E-state index contributed by atoms with van der Waals surface area (Å²) in [4.78, 5) is 4.36. The summed E-state index contributed by atoms with van der Waals surface area (Å²) in [5.41, 5.74) is 0.941. The highest BCUT2D eigenvalue weighted by Crippen LogP contribution is 2.20. The van der Waals surface area contributed by atoms with Gasteiger partial charge in [-0.1, -0.05) is 6.07 Å². The number of rotatable bonds is 7. The third-order valence-electron chi connectivity index (χ3n) is 4.62. The van der Waals surface area contributed by atoms with Gasteiger partial charge < -0.3 is 20.2 Å². The summed E-state index contributed by atoms with van der Waals surface area (Å²) < 4.78 is 13.4. The molecule has 1 heterocycles. The Bertz CT molecular complexity index is 483. The molecule has 0 aromatic heterocycles. The van der Waals surface area contributed by atoms with Crippen molar-refractivity contribution < 1.29 is 9.50 Å². The van der Waals surface area contributed by atoms with Crippen LogP contribution in [0.3, 0.4) is 0 Å². The number of piperidine rings is 1. The summed E-state index contributed by atoms with van der Waals surface area (Å²) in [6.45, 7) is 7.33. The highest BCUT2D eigenvalue weighted by atomic mass is 19.1. The van der Waals surface area contributed by atoms with Crippen LogP contribution in [0.5, 0.6) is 0 Å². The molecule has 0 aliphatic carbocycles. The first-order chi connectivity index (χ1) is 11.0. The summed E-state index contributed by atoms with van der Waals surface area (Å²) in [6, 6.07) is 7.55. The van der Waals surface area contributed by atoms with E-state index in [0.717, 1.165) is 31.6 Å². The molecule has 23 heavy (non-hydrogen) atoms. The van der Waals surface area contributed by atoms with E-state index in [4.69, 9.17) is 0 Å². The van der Waals surface area contributed by atoms with E-state index in [1.807, 2.05) is 13.1 Å². The van der Waals surface area contributed by atoms with Crippen LogP contribution in [0.1, 0.15) is 26.7 Å². The molecule has 2 atom stereocenters. The van der Waals surface area contributed by atoms with Crippen molar-refractivity contribution in [3.05, 3.63) is 30.1 Å². The first-order valence-electron chi connectivity index (χ1n) is 8.58. The van der Waals surface area contributed by atoms with Gasteiger partial charge in [0.05, 0.1) is 6.10 Å². The van der Waals surface area contributed by atoms with E-state index in [0.29, 0.717) is 25.2 Å². The number of halogens is 1. The fourth-order valence-electron chi connectivity index (χ4n) is 2.96. The summed E-state index contributed by atoms with van der Waals surface area (Å²) in [5, 5.41) is 13.6. The minimum absolute atomic E-state index is 0.190. The first kappa shape index (κ1) is 18.2. The number of hydrogen-bond acceptors (Lipinski definition) is 4. The number of nitrogens with one attached hydrogen (secondary N) is 1. The molecule has 1 aromatic rings. The van der Waals surface area contributed by atoms with Crippen LogP contribution in [0.15, 0.2) is 24.3 Å². The second-order valence-electron chi connectivity index (χ2n) is 6.86. The third kappa shape index (κ3) is 5.75. The summed E-state index contributed by atoms with van der Waals surface area (Å²) >= 11 is 0. The maximum Gasteiger partial charge on any atom is 0.125 e. The molecule has 2 N–H and O–H groups in total. The molecule has 1 aliphatic heterocycles. The summed E-state index contributed by atoms with van der Waals surface area (Å²) in [7, 11) is 2.03. The van der Waals surface area contributed by atoms with E-state index in [1.165, 1.54) is 6.07 Å². The van der Waals surface area contributed by atoms with Gasteiger partial charge in [-0.15, -0.1) is 0 Å². The Labute approximate surface area is 139 Å². The lowest BCUT2D eigenvalue weighted by molar-refractivity contribution is 0.107. The van der Waals surface area contributed by atoms with Gasteiger partial charge in [-0.3, -0.25) is 0 Å². The summed E-state index contributed by atoms with van der Waals surface area (Å²) in [6.07, 6.45) is 1.81. The molecule has 1 aliphatic rings. The van der Waals surface area contributed by atoms with Crippen LogP contribution < -0.4 is 10.2 Å². The van der Waals surface area contributed by atoms with E-state index in [1.54, 1.807) is 12.1 Å². The predicted molar refractivity (Wildman–Crippen MR) is 93.4 cm³/mol. The van der Waals surface area contributed by atoms with Gasteiger partial charge in [-0.25, -0.2) is 4.39 Å². The fourth-order valence-corrected chi connectivity index (χ4v) is 2.96. The van der Waals surface area contributed by atoms with Gasteiger partial charge in [0.25, 0.3) is 0 Å². The third-order valence-corrected chi connectivity index (χ3v) is 4.62. The fraction of sp³-hybridized carbons (Fsp3) is 0.667. The van der Waals surface area contributed by atoms with Crippen LogP contribution in [0, 0.1) is 5.82 Å². The van der Waals surface area contributed by atoms with Crippen molar-refractivity contribution in [2.75, 3.05) is 38.1 Å². The van der Waals surface area contributed by atoms with Gasteiger partial charge in [-0.05, 0) is 51.9 Å². The quantitative estimate of drug-likeness (QED) is 0.806. The number of benzene rings is 1. The Morgan fingerprint density at radius 3 is 2.91 bits per heavy atom. The largest absolute Gasteiger partial charge is 0.390 e. The zero-order chi connectivity index (χ0) is 16.8. The molecule has 0 spiro atoms. The number of hydrogen-bond donors (Lipinski definition) is 2. The van der Waals surface area contributed by atoms with E-state index in [2.05, 4.69) is 29.0 Å². The maximum atomic E-state index is 13.4. The molecule has 0 radical (unpaired) electrons. The standard InChI is InChI=1S/C18H30FN3O/c1-14(2)21(3)13-18(23)11-20-16-7-5-9-22(12-16)17-8-4-6-15(19)10-17/h4,6,8,10,14,16,18,20,23H,5,7,9,11-13H2,1-3H3. The van der Waals surface area contributed by atoms with Crippen LogP contribution >= 0.6 is 0 Å². The van der Waals surface area contributed by atoms with Gasteiger partial charge in [0, 0.05) is 44.0 Å². The van der Waals surface area contributed by atoms with Crippen molar-refractivity contribution in [2.24, 2.45) is 0 Å². The van der Waals surface area contributed by atoms with E-state index in [-0.39, 0.29) is 11.9 Å². The molecule has 0 bridgehead atoms. The van der Waals surface area contributed by atoms with E-state index < -0.39 is 0 Å². The number of nitrogens with zero attached hydrogens (tertiary/aromatic N) is 2. The van der Waals surface area contributed by atoms with Crippen LogP contribution in [0.2, 0.25) is 0 Å². The number of aliphatic hydroxyl groups excluding tert-OH is 1. The van der Waals surface area contributed by atoms with Gasteiger partial charge in [0.15, 0.2) is 0 Å². The molecule has 2 unspecified atom stereocenters. The number of anilines is 1. The molecule has 0 saturated carbocycles. The highest BCUT2D eigenvalue weighted by molar-refractivity contribution is 5.47. The number of aliphatic hydroxyl groups is 1. The Morgan fingerprint density at radius 2 is 2.22 bits per heavy atom. The zero-order valence-electron chi connectivity index (χ0n) is 14.5. The normalized spacial score (nSPS) is 20.3. The van der Waals surface area contributed by atoms with Crippen molar-refractivity contribution in [3.8, 4) is 0 Å². The predicted octanol–water partition coefficient (Wildman–Crippen LogP) is 2.09. The minimum atomic E-state index is -0.369. The zero-order valence-corrected chi connectivity index (χ0v) is 14.5. The number of likely N-dealkylation sites (N-methyl/N-ethyl adjacent to an activating group) is 1. The van der Waals surface area contributed by atoms with Crippen LogP contribution in [-0.2, 0) is 0 Å². The Morgan fingerprint density at radius 1 is 1.43 bits per heavy atom. The molecule has 5 heteroatoms. The van der Waals surface area contributed by atoms with Crippen LogP contribution in [0.25, 0.3) is 0 Å². The Hall–Kier alpha value is -1.17. The Balaban J connectivity index is 1.80. The lowest BCUT2D eigenvalue weighted by Gasteiger charge is -2.35. The highest BCUT2D eigenvalue weighted by Gasteiger charge is 2.21. The van der Waals surface area contributed by atoms with E-state index in [9.17, 15) is 9.50 Å². The molecule has 1 saturated heterocycles. The lowest BCUT2D eigenvalue weighted by atomic mass is 10.0. The van der Waals surface area contributed by atoms with Gasteiger partial charge >= 0.3 is 0 Å². The van der Waals surface area contributed by atoms with Crippen molar-refractivity contribution in [1.29, 1.82) is 0 Å². The average Bonchev–Trinajstić information content (AvgIpc) is 2.53. The monoisotopic (exact) mass is 323 g/mol. The van der Waals surface area contributed by atoms with Crippen molar-refractivity contribution in [3.63, 3.8) is 0 Å². The summed E-state index contributed by atoms with van der Waals surface area (Å²) in [5.74, 6) is -0.190. The van der Waals surface area contributed by atoms with Crippen molar-refractivity contribution in [1.82, 2.24) is 10.2 Å². The molecule has 1 fully saturated rings. The van der Waals surface area contributed by atoms with Crippen molar-refractivity contribution in [2.45, 2.75) is 44.9 Å². The van der Waals surface area contributed by atoms with Crippen LogP contribution in [-0.4, -0.2) is 61.4 Å². The second kappa shape index (κ2) is 8.62. The molecular formula is C18H30FN3O. The van der Waals surface area contributed by atoms with Crippen molar-refractivity contribution >= 4 is 5.69 Å².